The molecule has 105 heavy (non-hydrogen) atoms. The third-order valence-electron chi connectivity index (χ3n) is 16.0. The third kappa shape index (κ3) is 28.4. The number of phenols is 1. The van der Waals surface area contributed by atoms with Gasteiger partial charge in [-0.25, -0.2) is 13.1 Å². The number of hydrogen-bond acceptors (Lipinski definition) is 20. The Morgan fingerprint density at radius 2 is 1.06 bits per heavy atom. The minimum Gasteiger partial charge on any atom is -0.508 e. The summed E-state index contributed by atoms with van der Waals surface area (Å²) in [5.74, 6) is -15.4. The van der Waals surface area contributed by atoms with Crippen molar-refractivity contribution in [2.75, 3.05) is 71.4 Å². The van der Waals surface area contributed by atoms with Crippen molar-refractivity contribution in [1.29, 1.82) is 5.41 Å². The van der Waals surface area contributed by atoms with E-state index >= 15 is 0 Å². The number of aliphatic carboxylic acids is 2. The molecule has 1 heterocycles. The fraction of sp³-hybridized carbons (Fsp3) is 0.424. The molecule has 7 atom stereocenters. The van der Waals surface area contributed by atoms with E-state index in [1.807, 2.05) is 0 Å². The van der Waals surface area contributed by atoms with Crippen LogP contribution in [-0.4, -0.2) is 232 Å². The second-order valence-corrected chi connectivity index (χ2v) is 26.1. The van der Waals surface area contributed by atoms with E-state index in [1.54, 1.807) is 73.6 Å². The highest BCUT2D eigenvalue weighted by atomic mass is 32.2. The summed E-state index contributed by atoms with van der Waals surface area (Å²) in [7, 11) is -0.735. The largest absolute Gasteiger partial charge is 0.508 e. The third-order valence-corrected chi connectivity index (χ3v) is 17.4. The lowest BCUT2D eigenvalue weighted by Crippen LogP contribution is -2.58. The van der Waals surface area contributed by atoms with Crippen molar-refractivity contribution in [3.05, 3.63) is 102 Å². The van der Waals surface area contributed by atoms with E-state index in [1.165, 1.54) is 43.3 Å². The van der Waals surface area contributed by atoms with Gasteiger partial charge in [0.15, 0.2) is 5.96 Å². The number of carboxylic acids is 2. The molecule has 568 valence electrons. The van der Waals surface area contributed by atoms with Gasteiger partial charge in [0, 0.05) is 69.3 Å². The number of rotatable bonds is 42. The van der Waals surface area contributed by atoms with Crippen LogP contribution in [0.25, 0.3) is 10.8 Å². The second kappa shape index (κ2) is 41.2. The van der Waals surface area contributed by atoms with Crippen LogP contribution in [0.5, 0.6) is 5.75 Å². The quantitative estimate of drug-likeness (QED) is 0.0112. The summed E-state index contributed by atoms with van der Waals surface area (Å²) in [6.45, 7) is -3.48. The first-order chi connectivity index (χ1) is 49.7. The highest BCUT2D eigenvalue weighted by Gasteiger charge is 2.39. The van der Waals surface area contributed by atoms with Crippen LogP contribution in [0.4, 0.5) is 5.69 Å². The van der Waals surface area contributed by atoms with Crippen molar-refractivity contribution in [3.63, 3.8) is 0 Å². The number of carbonyl (C=O) groups is 15. The normalized spacial score (nSPS) is 14.1. The Labute approximate surface area is 602 Å². The molecule has 5 rings (SSSR count). The zero-order valence-electron chi connectivity index (χ0n) is 57.7. The van der Waals surface area contributed by atoms with Gasteiger partial charge in [-0.3, -0.25) is 77.3 Å². The van der Waals surface area contributed by atoms with Crippen molar-refractivity contribution in [2.24, 2.45) is 11.5 Å². The zero-order chi connectivity index (χ0) is 77.5. The molecule has 1 aliphatic rings. The number of guanidine groups is 1. The molecule has 0 aromatic heterocycles. The maximum atomic E-state index is 14.5. The maximum Gasteiger partial charge on any atom is 0.322 e. The molecule has 21 N–H and O–H groups in total. The fourth-order valence-corrected chi connectivity index (χ4v) is 11.9. The number of aromatic hydroxyl groups is 1. The molecule has 0 saturated carbocycles. The lowest BCUT2D eigenvalue weighted by molar-refractivity contribution is -0.142. The van der Waals surface area contributed by atoms with Crippen LogP contribution >= 0.6 is 0 Å². The predicted molar refractivity (Wildman–Crippen MR) is 375 cm³/mol. The van der Waals surface area contributed by atoms with E-state index < -0.39 is 212 Å². The van der Waals surface area contributed by atoms with Crippen LogP contribution in [0, 0.1) is 5.41 Å². The Bertz CT molecular complexity index is 3960. The van der Waals surface area contributed by atoms with Gasteiger partial charge in [-0.05, 0) is 80.8 Å². The molecule has 4 aromatic rings. The van der Waals surface area contributed by atoms with Crippen LogP contribution in [0.15, 0.2) is 95.9 Å². The first-order valence-corrected chi connectivity index (χ1v) is 34.5. The number of primary amides is 1. The Balaban J connectivity index is 1.20. The molecule has 0 spiro atoms. The van der Waals surface area contributed by atoms with Gasteiger partial charge < -0.3 is 100 Å². The number of likely N-dealkylation sites (tertiary alicyclic amines) is 1. The van der Waals surface area contributed by atoms with Crippen molar-refractivity contribution in [1.82, 2.24) is 73.4 Å². The topological polar surface area (TPSA) is 590 Å². The molecule has 0 bridgehead atoms. The van der Waals surface area contributed by atoms with E-state index in [4.69, 9.17) is 22.0 Å². The molecule has 1 fully saturated rings. The first-order valence-electron chi connectivity index (χ1n) is 33.0. The van der Waals surface area contributed by atoms with Gasteiger partial charge in [-0.1, -0.05) is 66.7 Å². The van der Waals surface area contributed by atoms with Gasteiger partial charge in [-0.2, -0.15) is 0 Å². The van der Waals surface area contributed by atoms with Crippen LogP contribution in [0.3, 0.4) is 0 Å². The van der Waals surface area contributed by atoms with E-state index in [-0.39, 0.29) is 62.3 Å². The van der Waals surface area contributed by atoms with Crippen molar-refractivity contribution in [2.45, 2.75) is 118 Å². The lowest BCUT2D eigenvalue weighted by Gasteiger charge is -2.30. The van der Waals surface area contributed by atoms with E-state index in [9.17, 15) is 90.5 Å². The average Bonchev–Trinajstić information content (AvgIpc) is 1.27. The molecule has 0 unspecified atom stereocenters. The summed E-state index contributed by atoms with van der Waals surface area (Å²) in [4.78, 5) is 200. The number of nitrogens with one attached hydrogen (secondary N) is 14. The number of fused-ring (bicyclic) bond motifs is 1. The second-order valence-electron chi connectivity index (χ2n) is 24.3. The Kier molecular flexibility index (Phi) is 32.8. The lowest BCUT2D eigenvalue weighted by atomic mass is 10.0. The SMILES string of the molecule is C[C@H](NC(=O)CNS(=O)(=O)c1cccc2c(N(C)C)cccc12)C(=O)N[C@@H](CCC(=O)O)C(=O)NCC(=O)N[C@@H](CCC(N)=O)C(=O)N[C@@H](CCCNC(=N)N)C(=O)N1CCC[C@H]1C(=O)NCC(=O)N[C@@H](Cc1ccccc1)C(=O)NCC(=O)N[C@@H](Cc1ccc(O)cc1)C(=O)NCC(=O)NCC(=O)O. The molecule has 38 nitrogen and oxygen atoms in total. The Morgan fingerprint density at radius 1 is 0.533 bits per heavy atom. The van der Waals surface area contributed by atoms with Crippen LogP contribution in [0.2, 0.25) is 0 Å². The number of carboxylic acid groups (broad SMARTS) is 2. The summed E-state index contributed by atoms with van der Waals surface area (Å²) in [6, 6.07) is 13.4. The van der Waals surface area contributed by atoms with Gasteiger partial charge in [0.05, 0.1) is 37.6 Å². The smallest absolute Gasteiger partial charge is 0.322 e. The zero-order valence-corrected chi connectivity index (χ0v) is 58.5. The van der Waals surface area contributed by atoms with Crippen LogP contribution in [0.1, 0.15) is 69.4 Å². The number of nitrogens with zero attached hydrogens (tertiary/aromatic N) is 2. The highest BCUT2D eigenvalue weighted by molar-refractivity contribution is 7.89. The van der Waals surface area contributed by atoms with E-state index in [0.29, 0.717) is 21.9 Å². The summed E-state index contributed by atoms with van der Waals surface area (Å²) in [6.07, 6.45) is -2.32. The van der Waals surface area contributed by atoms with Gasteiger partial charge >= 0.3 is 11.9 Å². The minimum absolute atomic E-state index is 0.00644. The number of hydrogen-bond donors (Lipinski definition) is 19. The number of nitrogens with two attached hydrogens (primary N) is 2. The maximum absolute atomic E-state index is 14.5. The minimum atomic E-state index is -4.30. The molecule has 1 saturated heterocycles. The molecule has 1 aliphatic heterocycles. The number of sulfonamides is 1. The van der Waals surface area contributed by atoms with E-state index in [2.05, 4.69) is 68.5 Å². The number of amides is 13. The predicted octanol–water partition coefficient (Wildman–Crippen LogP) is -5.65. The molecule has 13 amide bonds. The van der Waals surface area contributed by atoms with Gasteiger partial charge in [0.25, 0.3) is 0 Å². The van der Waals surface area contributed by atoms with Gasteiger partial charge in [0.1, 0.15) is 54.6 Å². The number of benzene rings is 4. The number of anilines is 1. The number of phenolic OH excluding ortho intramolecular Hbond substituents is 1. The first kappa shape index (κ1) is 83.6. The van der Waals surface area contributed by atoms with Crippen LogP contribution < -0.4 is 84.9 Å². The highest BCUT2D eigenvalue weighted by Crippen LogP contribution is 2.30. The van der Waals surface area contributed by atoms with E-state index in [0.717, 1.165) is 10.6 Å². The Hall–Kier alpha value is -12.0. The Morgan fingerprint density at radius 3 is 1.64 bits per heavy atom. The molecule has 0 radical (unpaired) electrons. The van der Waals surface area contributed by atoms with Crippen LogP contribution in [-0.2, 0) is 94.8 Å². The van der Waals surface area contributed by atoms with Crippen molar-refractivity contribution < 1.29 is 95.7 Å². The average molecular weight is 1490 g/mol. The van der Waals surface area contributed by atoms with Crippen molar-refractivity contribution >= 4 is 121 Å². The fourth-order valence-electron chi connectivity index (χ4n) is 10.7. The summed E-state index contributed by atoms with van der Waals surface area (Å²) >= 11 is 0. The summed E-state index contributed by atoms with van der Waals surface area (Å²) in [5, 5.41) is 65.2. The van der Waals surface area contributed by atoms with Crippen molar-refractivity contribution in [3.8, 4) is 5.75 Å². The molecular weight excluding hydrogens is 1400 g/mol. The summed E-state index contributed by atoms with van der Waals surface area (Å²) < 4.78 is 29.1. The molecule has 0 aliphatic carbocycles. The standard InChI is InChI=1S/C66H88N18O20S/c1-37(77-56(91)35-76-105(103,104)50-18-8-13-41-42(50)14-7-16-48(41)83(2)3)59(96)81-43(24-26-57(92)93)60(97)73-32-53(88)78-44(23-25-51(67)86)63(100)82-45(15-9-27-70-66(68)69)65(102)84-28-10-17-49(84)64(101)75-34-55(90)79-46(29-38-11-5-4-6-12-38)62(99)74-33-54(89)80-47(30-39-19-21-40(85)22-20-39)61(98)72-31-52(87)71-36-58(94)95/h4-8,11-14,16,18-22,37,43-47,49,76,85H,9-10,15,17,23-36H2,1-3H3,(H2,67,86)(H,71,87)(H,72,98)(H,73,97)(H,74,99)(H,75,101)(H,77,91)(H,78,88)(H,79,90)(H,80,89)(H,81,96)(H,82,100)(H,92,93)(H,94,95)(H4,68,69,70)/t37-,43-,44-,45-,46-,47-,49-/m0/s1. The molecule has 4 aromatic carbocycles. The summed E-state index contributed by atoms with van der Waals surface area (Å²) in [5.41, 5.74) is 12.6. The monoisotopic (exact) mass is 1480 g/mol. The number of carbonyl (C=O) groups excluding carboxylic acids is 13. The molecule has 39 heteroatoms. The molecular formula is C66H88N18O20S. The van der Waals surface area contributed by atoms with Gasteiger partial charge in [-0.15, -0.1) is 0 Å². The van der Waals surface area contributed by atoms with Gasteiger partial charge in [0.2, 0.25) is 86.8 Å².